The minimum absolute atomic E-state index is 0.0361. The minimum Gasteiger partial charge on any atom is -0.497 e. The van der Waals surface area contributed by atoms with Crippen LogP contribution in [0.4, 0.5) is 4.79 Å². The summed E-state index contributed by atoms with van der Waals surface area (Å²) in [5, 5.41) is 16.8. The Labute approximate surface area is 177 Å². The van der Waals surface area contributed by atoms with E-state index in [1.165, 1.54) is 12.1 Å². The van der Waals surface area contributed by atoms with Crippen molar-refractivity contribution in [3.63, 3.8) is 0 Å². The lowest BCUT2D eigenvalue weighted by atomic mass is 10.2. The lowest BCUT2D eigenvalue weighted by molar-refractivity contribution is -0.139. The molecule has 0 aliphatic carbocycles. The first kappa shape index (κ1) is 22.3. The van der Waals surface area contributed by atoms with Crippen LogP contribution in [0.25, 0.3) is 0 Å². The highest BCUT2D eigenvalue weighted by atomic mass is 35.5. The van der Waals surface area contributed by atoms with Gasteiger partial charge in [-0.15, -0.1) is 0 Å². The zero-order valence-electron chi connectivity index (χ0n) is 15.4. The number of carbonyl (C=O) groups is 3. The molecule has 2 aromatic rings. The molecule has 0 heterocycles. The molecule has 0 saturated heterocycles. The predicted molar refractivity (Wildman–Crippen MR) is 109 cm³/mol. The zero-order chi connectivity index (χ0) is 21.4. The van der Waals surface area contributed by atoms with E-state index < -0.39 is 23.9 Å². The molecule has 8 nitrogen and oxygen atoms in total. The fourth-order valence-electron chi connectivity index (χ4n) is 2.33. The van der Waals surface area contributed by atoms with Gasteiger partial charge in [0.1, 0.15) is 11.8 Å². The average molecular weight is 440 g/mol. The first-order valence-corrected chi connectivity index (χ1v) is 9.19. The second-order valence-corrected chi connectivity index (χ2v) is 6.69. The van der Waals surface area contributed by atoms with Crippen LogP contribution in [0.3, 0.4) is 0 Å². The van der Waals surface area contributed by atoms with Gasteiger partial charge < -0.3 is 25.8 Å². The zero-order valence-corrected chi connectivity index (χ0v) is 16.9. The molecular formula is C19H19Cl2N3O5. The van der Waals surface area contributed by atoms with Crippen molar-refractivity contribution >= 4 is 41.1 Å². The number of hydrogen-bond donors (Lipinski definition) is 4. The summed E-state index contributed by atoms with van der Waals surface area (Å²) in [5.41, 5.74) is 0.795. The van der Waals surface area contributed by atoms with Crippen LogP contribution in [0.1, 0.15) is 15.9 Å². The molecule has 1 atom stereocenters. The Morgan fingerprint density at radius 3 is 2.21 bits per heavy atom. The Hall–Kier alpha value is -2.97. The quantitative estimate of drug-likeness (QED) is 0.504. The van der Waals surface area contributed by atoms with Crippen molar-refractivity contribution in [2.24, 2.45) is 0 Å². The van der Waals surface area contributed by atoms with E-state index in [0.29, 0.717) is 5.75 Å². The summed E-state index contributed by atoms with van der Waals surface area (Å²) < 4.78 is 5.05. The third-order valence-corrected chi connectivity index (χ3v) is 4.50. The van der Waals surface area contributed by atoms with Crippen molar-refractivity contribution in [2.45, 2.75) is 12.6 Å². The van der Waals surface area contributed by atoms with Gasteiger partial charge in [-0.1, -0.05) is 41.4 Å². The number of halogens is 2. The molecule has 0 aliphatic rings. The first-order valence-electron chi connectivity index (χ1n) is 8.44. The number of hydrogen-bond acceptors (Lipinski definition) is 4. The van der Waals surface area contributed by atoms with Gasteiger partial charge in [0.2, 0.25) is 0 Å². The van der Waals surface area contributed by atoms with Gasteiger partial charge in [-0.2, -0.15) is 0 Å². The van der Waals surface area contributed by atoms with Gasteiger partial charge >= 0.3 is 12.0 Å². The fourth-order valence-corrected chi connectivity index (χ4v) is 2.90. The topological polar surface area (TPSA) is 117 Å². The summed E-state index contributed by atoms with van der Waals surface area (Å²) in [6.07, 6.45) is 0. The van der Waals surface area contributed by atoms with Crippen LogP contribution >= 0.6 is 23.2 Å². The van der Waals surface area contributed by atoms with Crippen molar-refractivity contribution in [2.75, 3.05) is 13.7 Å². The number of carbonyl (C=O) groups excluding carboxylic acids is 2. The molecule has 29 heavy (non-hydrogen) atoms. The highest BCUT2D eigenvalue weighted by Gasteiger charge is 2.23. The molecule has 3 amide bonds. The van der Waals surface area contributed by atoms with Crippen molar-refractivity contribution in [3.05, 3.63) is 63.6 Å². The van der Waals surface area contributed by atoms with Gasteiger partial charge in [0.05, 0.1) is 29.3 Å². The number of ether oxygens (including phenoxy) is 1. The van der Waals surface area contributed by atoms with Gasteiger partial charge in [0, 0.05) is 6.54 Å². The fraction of sp³-hybridized carbons (Fsp3) is 0.211. The molecule has 0 fully saturated rings. The van der Waals surface area contributed by atoms with E-state index in [4.69, 9.17) is 27.9 Å². The molecule has 0 aliphatic heterocycles. The molecule has 2 rings (SSSR count). The SMILES string of the molecule is COc1ccc(CNC(=O)NC[C@H](NC(=O)c2c(Cl)cccc2Cl)C(=O)O)cc1. The highest BCUT2D eigenvalue weighted by molar-refractivity contribution is 6.39. The van der Waals surface area contributed by atoms with Gasteiger partial charge in [0.15, 0.2) is 0 Å². The Balaban J connectivity index is 1.89. The summed E-state index contributed by atoms with van der Waals surface area (Å²) >= 11 is 11.9. The average Bonchev–Trinajstić information content (AvgIpc) is 2.69. The second kappa shape index (κ2) is 10.5. The maximum Gasteiger partial charge on any atom is 0.328 e. The normalized spacial score (nSPS) is 11.3. The van der Waals surface area contributed by atoms with Gasteiger partial charge in [-0.25, -0.2) is 9.59 Å². The Morgan fingerprint density at radius 2 is 1.66 bits per heavy atom. The highest BCUT2D eigenvalue weighted by Crippen LogP contribution is 2.24. The lowest BCUT2D eigenvalue weighted by Gasteiger charge is -2.16. The number of carboxylic acid groups (broad SMARTS) is 1. The van der Waals surface area contributed by atoms with E-state index in [-0.39, 0.29) is 28.7 Å². The van der Waals surface area contributed by atoms with E-state index in [2.05, 4.69) is 16.0 Å². The Bertz CT molecular complexity index is 870. The number of amides is 3. The van der Waals surface area contributed by atoms with Crippen molar-refractivity contribution in [1.82, 2.24) is 16.0 Å². The van der Waals surface area contributed by atoms with E-state index >= 15 is 0 Å². The first-order chi connectivity index (χ1) is 13.8. The van der Waals surface area contributed by atoms with E-state index in [9.17, 15) is 19.5 Å². The molecule has 0 unspecified atom stereocenters. The largest absolute Gasteiger partial charge is 0.497 e. The number of nitrogens with one attached hydrogen (secondary N) is 3. The van der Waals surface area contributed by atoms with Gasteiger partial charge in [0.25, 0.3) is 5.91 Å². The second-order valence-electron chi connectivity index (χ2n) is 5.87. The molecule has 0 spiro atoms. The molecule has 0 bridgehead atoms. The van der Waals surface area contributed by atoms with E-state index in [0.717, 1.165) is 5.56 Å². The maximum atomic E-state index is 12.3. The van der Waals surface area contributed by atoms with Crippen molar-refractivity contribution < 1.29 is 24.2 Å². The number of carboxylic acids is 1. The maximum absolute atomic E-state index is 12.3. The molecule has 4 N–H and O–H groups in total. The lowest BCUT2D eigenvalue weighted by Crippen LogP contribution is -2.50. The predicted octanol–water partition coefficient (Wildman–Crippen LogP) is 2.68. The van der Waals surface area contributed by atoms with Gasteiger partial charge in [-0.3, -0.25) is 4.79 Å². The number of rotatable bonds is 8. The third kappa shape index (κ3) is 6.55. The number of aliphatic carboxylic acids is 1. The minimum atomic E-state index is -1.37. The monoisotopic (exact) mass is 439 g/mol. The Morgan fingerprint density at radius 1 is 1.03 bits per heavy atom. The summed E-state index contributed by atoms with van der Waals surface area (Å²) in [6.45, 7) is -0.104. The van der Waals surface area contributed by atoms with Crippen molar-refractivity contribution in [1.29, 1.82) is 0 Å². The van der Waals surface area contributed by atoms with Crippen LogP contribution in [0, 0.1) is 0 Å². The summed E-state index contributed by atoms with van der Waals surface area (Å²) in [7, 11) is 1.55. The number of urea groups is 1. The summed E-state index contributed by atoms with van der Waals surface area (Å²) in [4.78, 5) is 35.7. The van der Waals surface area contributed by atoms with E-state index in [1.807, 2.05) is 0 Å². The molecular weight excluding hydrogens is 421 g/mol. The summed E-state index contributed by atoms with van der Waals surface area (Å²) in [5.74, 6) is -1.39. The third-order valence-electron chi connectivity index (χ3n) is 3.87. The Kier molecular flexibility index (Phi) is 8.11. The standard InChI is InChI=1S/C19H19Cl2N3O5/c1-29-12-7-5-11(6-8-12)9-22-19(28)23-10-15(18(26)27)24-17(25)16-13(20)3-2-4-14(16)21/h2-8,15H,9-10H2,1H3,(H,24,25)(H,26,27)(H2,22,23,28)/t15-/m0/s1. The smallest absolute Gasteiger partial charge is 0.328 e. The summed E-state index contributed by atoms with van der Waals surface area (Å²) in [6, 6.07) is 9.60. The van der Waals surface area contributed by atoms with Crippen LogP contribution in [-0.4, -0.2) is 42.7 Å². The molecule has 0 aromatic heterocycles. The van der Waals surface area contributed by atoms with Crippen LogP contribution < -0.4 is 20.7 Å². The van der Waals surface area contributed by atoms with Crippen molar-refractivity contribution in [3.8, 4) is 5.75 Å². The van der Waals surface area contributed by atoms with Crippen LogP contribution in [0.5, 0.6) is 5.75 Å². The number of methoxy groups -OCH3 is 1. The van der Waals surface area contributed by atoms with Crippen LogP contribution in [-0.2, 0) is 11.3 Å². The molecule has 10 heteroatoms. The van der Waals surface area contributed by atoms with E-state index in [1.54, 1.807) is 37.4 Å². The van der Waals surface area contributed by atoms with Gasteiger partial charge in [-0.05, 0) is 29.8 Å². The molecule has 154 valence electrons. The molecule has 0 radical (unpaired) electrons. The van der Waals surface area contributed by atoms with Crippen LogP contribution in [0.15, 0.2) is 42.5 Å². The number of benzene rings is 2. The molecule has 0 saturated carbocycles. The molecule has 2 aromatic carbocycles. The van der Waals surface area contributed by atoms with Crippen LogP contribution in [0.2, 0.25) is 10.0 Å².